The van der Waals surface area contributed by atoms with Gasteiger partial charge in [-0.1, -0.05) is 30.3 Å². The Balaban J connectivity index is 1.63. The van der Waals surface area contributed by atoms with Crippen molar-refractivity contribution in [3.63, 3.8) is 0 Å². The molecule has 7 heteroatoms. The van der Waals surface area contributed by atoms with Crippen molar-refractivity contribution in [1.29, 1.82) is 0 Å². The molecule has 0 aliphatic carbocycles. The summed E-state index contributed by atoms with van der Waals surface area (Å²) in [5.41, 5.74) is 1.17. The SMILES string of the molecule is O=S(=O)(NC1CCN(Cc2ccccc2)C1)c1ccc(F)c(F)c1. The second-order valence-electron chi connectivity index (χ2n) is 5.90. The van der Waals surface area contributed by atoms with Crippen molar-refractivity contribution in [2.24, 2.45) is 0 Å². The van der Waals surface area contributed by atoms with E-state index in [2.05, 4.69) is 9.62 Å². The highest BCUT2D eigenvalue weighted by Gasteiger charge is 2.27. The molecule has 1 fully saturated rings. The molecular formula is C17H18F2N2O2S. The molecule has 0 aromatic heterocycles. The Morgan fingerprint density at radius 3 is 2.54 bits per heavy atom. The third-order valence-corrected chi connectivity index (χ3v) is 5.56. The molecule has 4 nitrogen and oxygen atoms in total. The summed E-state index contributed by atoms with van der Waals surface area (Å²) >= 11 is 0. The maximum Gasteiger partial charge on any atom is 0.240 e. The molecule has 0 bridgehead atoms. The molecule has 0 radical (unpaired) electrons. The van der Waals surface area contributed by atoms with Gasteiger partial charge < -0.3 is 0 Å². The maximum absolute atomic E-state index is 13.3. The quantitative estimate of drug-likeness (QED) is 0.900. The molecule has 2 aromatic carbocycles. The molecule has 1 heterocycles. The minimum absolute atomic E-state index is 0.244. The Morgan fingerprint density at radius 2 is 1.83 bits per heavy atom. The molecule has 1 unspecified atom stereocenters. The first-order valence-electron chi connectivity index (χ1n) is 7.68. The van der Waals surface area contributed by atoms with Crippen LogP contribution >= 0.6 is 0 Å². The van der Waals surface area contributed by atoms with E-state index in [0.717, 1.165) is 25.2 Å². The van der Waals surface area contributed by atoms with Crippen LogP contribution in [0.3, 0.4) is 0 Å². The lowest BCUT2D eigenvalue weighted by atomic mass is 10.2. The van der Waals surface area contributed by atoms with E-state index >= 15 is 0 Å². The lowest BCUT2D eigenvalue weighted by Gasteiger charge is -2.17. The predicted molar refractivity (Wildman–Crippen MR) is 86.8 cm³/mol. The summed E-state index contributed by atoms with van der Waals surface area (Å²) in [7, 11) is -3.86. The molecule has 1 aliphatic heterocycles. The fourth-order valence-electron chi connectivity index (χ4n) is 2.85. The molecule has 0 spiro atoms. The zero-order chi connectivity index (χ0) is 17.2. The number of nitrogens with one attached hydrogen (secondary N) is 1. The van der Waals surface area contributed by atoms with Crippen molar-refractivity contribution in [2.45, 2.75) is 23.9 Å². The fraction of sp³-hybridized carbons (Fsp3) is 0.294. The molecule has 0 amide bonds. The van der Waals surface area contributed by atoms with Gasteiger partial charge in [-0.25, -0.2) is 21.9 Å². The number of halogens is 2. The second kappa shape index (κ2) is 6.96. The van der Waals surface area contributed by atoms with Crippen molar-refractivity contribution in [3.05, 3.63) is 65.7 Å². The Morgan fingerprint density at radius 1 is 1.08 bits per heavy atom. The highest BCUT2D eigenvalue weighted by molar-refractivity contribution is 7.89. The number of benzene rings is 2. The van der Waals surface area contributed by atoms with Crippen LogP contribution in [0.25, 0.3) is 0 Å². The van der Waals surface area contributed by atoms with Crippen LogP contribution in [0.2, 0.25) is 0 Å². The molecule has 128 valence electrons. The van der Waals surface area contributed by atoms with Crippen molar-refractivity contribution in [3.8, 4) is 0 Å². The minimum Gasteiger partial charge on any atom is -0.297 e. The summed E-state index contributed by atoms with van der Waals surface area (Å²) in [6.45, 7) is 2.11. The van der Waals surface area contributed by atoms with Crippen LogP contribution in [0.15, 0.2) is 53.4 Å². The molecule has 1 atom stereocenters. The van der Waals surface area contributed by atoms with Crippen LogP contribution < -0.4 is 4.72 Å². The van der Waals surface area contributed by atoms with Crippen molar-refractivity contribution in [2.75, 3.05) is 13.1 Å². The number of hydrogen-bond donors (Lipinski definition) is 1. The Hall–Kier alpha value is -1.83. The Labute approximate surface area is 140 Å². The fourth-order valence-corrected chi connectivity index (χ4v) is 4.12. The summed E-state index contributed by atoms with van der Waals surface area (Å²) in [5.74, 6) is -2.24. The number of rotatable bonds is 5. The lowest BCUT2D eigenvalue weighted by molar-refractivity contribution is 0.324. The summed E-state index contributed by atoms with van der Waals surface area (Å²) in [6.07, 6.45) is 0.676. The van der Waals surface area contributed by atoms with E-state index in [1.54, 1.807) is 0 Å². The van der Waals surface area contributed by atoms with Gasteiger partial charge in [-0.05, 0) is 30.2 Å². The second-order valence-corrected chi connectivity index (χ2v) is 7.62. The van der Waals surface area contributed by atoms with Gasteiger partial charge in [0.15, 0.2) is 11.6 Å². The maximum atomic E-state index is 13.3. The smallest absolute Gasteiger partial charge is 0.240 e. The monoisotopic (exact) mass is 352 g/mol. The molecule has 1 saturated heterocycles. The normalized spacial score (nSPS) is 18.8. The van der Waals surface area contributed by atoms with Crippen LogP contribution in [0.4, 0.5) is 8.78 Å². The van der Waals surface area contributed by atoms with E-state index < -0.39 is 21.7 Å². The van der Waals surface area contributed by atoms with E-state index in [0.29, 0.717) is 19.0 Å². The number of nitrogens with zero attached hydrogens (tertiary/aromatic N) is 1. The Kier molecular flexibility index (Phi) is 4.93. The zero-order valence-corrected chi connectivity index (χ0v) is 13.8. The molecule has 0 saturated carbocycles. The van der Waals surface area contributed by atoms with Crippen molar-refractivity contribution in [1.82, 2.24) is 9.62 Å². The van der Waals surface area contributed by atoms with Gasteiger partial charge in [0, 0.05) is 25.7 Å². The first-order valence-corrected chi connectivity index (χ1v) is 9.16. The van der Waals surface area contributed by atoms with Crippen molar-refractivity contribution < 1.29 is 17.2 Å². The number of hydrogen-bond acceptors (Lipinski definition) is 3. The van der Waals surface area contributed by atoms with E-state index in [1.807, 2.05) is 30.3 Å². The van der Waals surface area contributed by atoms with Gasteiger partial charge in [0.25, 0.3) is 0 Å². The first kappa shape index (κ1) is 17.0. The standard InChI is InChI=1S/C17H18F2N2O2S/c18-16-7-6-15(10-17(16)19)24(22,23)20-14-8-9-21(12-14)11-13-4-2-1-3-5-13/h1-7,10,14,20H,8-9,11-12H2. The molecule has 24 heavy (non-hydrogen) atoms. The van der Waals surface area contributed by atoms with Crippen LogP contribution in [0, 0.1) is 11.6 Å². The van der Waals surface area contributed by atoms with Gasteiger partial charge in [-0.15, -0.1) is 0 Å². The summed E-state index contributed by atoms with van der Waals surface area (Å²) < 4.78 is 53.4. The molecule has 2 aromatic rings. The lowest BCUT2D eigenvalue weighted by Crippen LogP contribution is -2.37. The molecular weight excluding hydrogens is 334 g/mol. The van der Waals surface area contributed by atoms with Gasteiger partial charge in [0.2, 0.25) is 10.0 Å². The largest absolute Gasteiger partial charge is 0.297 e. The average Bonchev–Trinajstić information content (AvgIpc) is 2.97. The predicted octanol–water partition coefficient (Wildman–Crippen LogP) is 2.52. The van der Waals surface area contributed by atoms with E-state index in [1.165, 1.54) is 5.56 Å². The van der Waals surface area contributed by atoms with E-state index in [4.69, 9.17) is 0 Å². The zero-order valence-electron chi connectivity index (χ0n) is 13.0. The average molecular weight is 352 g/mol. The Bertz CT molecular complexity index is 813. The minimum atomic E-state index is -3.86. The van der Waals surface area contributed by atoms with Crippen LogP contribution in [0.5, 0.6) is 0 Å². The van der Waals surface area contributed by atoms with Gasteiger partial charge in [0.1, 0.15) is 0 Å². The van der Waals surface area contributed by atoms with Crippen molar-refractivity contribution >= 4 is 10.0 Å². The van der Waals surface area contributed by atoms with Gasteiger partial charge in [-0.3, -0.25) is 4.90 Å². The summed E-state index contributed by atoms with van der Waals surface area (Å²) in [4.78, 5) is 1.90. The van der Waals surface area contributed by atoms with Gasteiger partial charge in [-0.2, -0.15) is 0 Å². The van der Waals surface area contributed by atoms with Crippen LogP contribution in [-0.4, -0.2) is 32.4 Å². The summed E-state index contributed by atoms with van der Waals surface area (Å²) in [5, 5.41) is 0. The first-order chi connectivity index (χ1) is 11.4. The third-order valence-electron chi connectivity index (χ3n) is 4.04. The molecule has 1 N–H and O–H groups in total. The topological polar surface area (TPSA) is 49.4 Å². The number of sulfonamides is 1. The molecule has 1 aliphatic rings. The van der Waals surface area contributed by atoms with Crippen LogP contribution in [0.1, 0.15) is 12.0 Å². The van der Waals surface area contributed by atoms with E-state index in [-0.39, 0.29) is 10.9 Å². The molecule has 3 rings (SSSR count). The van der Waals surface area contributed by atoms with Crippen LogP contribution in [-0.2, 0) is 16.6 Å². The van der Waals surface area contributed by atoms with Gasteiger partial charge >= 0.3 is 0 Å². The highest BCUT2D eigenvalue weighted by Crippen LogP contribution is 2.18. The third kappa shape index (κ3) is 3.98. The van der Waals surface area contributed by atoms with Gasteiger partial charge in [0.05, 0.1) is 4.90 Å². The van der Waals surface area contributed by atoms with E-state index in [9.17, 15) is 17.2 Å². The number of likely N-dealkylation sites (tertiary alicyclic amines) is 1. The highest BCUT2D eigenvalue weighted by atomic mass is 32.2. The summed E-state index contributed by atoms with van der Waals surface area (Å²) in [6, 6.07) is 12.3.